The lowest BCUT2D eigenvalue weighted by Gasteiger charge is -2.15. The van der Waals surface area contributed by atoms with Gasteiger partial charge in [-0.1, -0.05) is 18.7 Å². The van der Waals surface area contributed by atoms with Crippen molar-refractivity contribution in [2.45, 2.75) is 31.5 Å². The molecule has 0 saturated carbocycles. The summed E-state index contributed by atoms with van der Waals surface area (Å²) >= 11 is 1.49. The van der Waals surface area contributed by atoms with Gasteiger partial charge in [0.2, 0.25) is 0 Å². The maximum absolute atomic E-state index is 11.6. The average Bonchev–Trinajstić information content (AvgIpc) is 2.81. The molecule has 1 heterocycles. The highest BCUT2D eigenvalue weighted by atomic mass is 32.2. The fourth-order valence-electron chi connectivity index (χ4n) is 1.34. The number of oxazole rings is 1. The summed E-state index contributed by atoms with van der Waals surface area (Å²) in [7, 11) is 0. The Labute approximate surface area is 105 Å². The van der Waals surface area contributed by atoms with Gasteiger partial charge >= 0.3 is 5.97 Å². The van der Waals surface area contributed by atoms with E-state index in [4.69, 9.17) is 9.15 Å². The van der Waals surface area contributed by atoms with E-state index in [0.29, 0.717) is 18.3 Å². The van der Waals surface area contributed by atoms with Gasteiger partial charge in [-0.3, -0.25) is 4.79 Å². The number of nitrogens with one attached hydrogen (secondary N) is 1. The first-order valence-electron chi connectivity index (χ1n) is 5.70. The van der Waals surface area contributed by atoms with E-state index in [2.05, 4.69) is 10.3 Å². The maximum atomic E-state index is 11.6. The molecule has 1 rings (SSSR count). The van der Waals surface area contributed by atoms with Gasteiger partial charge in [-0.25, -0.2) is 4.98 Å². The molecule has 0 fully saturated rings. The van der Waals surface area contributed by atoms with Gasteiger partial charge < -0.3 is 14.5 Å². The molecule has 0 radical (unpaired) electrons. The zero-order chi connectivity index (χ0) is 12.5. The number of ether oxygens (including phenoxy) is 1. The largest absolute Gasteiger partial charge is 0.465 e. The van der Waals surface area contributed by atoms with Crippen LogP contribution in [0.4, 0.5) is 0 Å². The molecule has 1 N–H and O–H groups in total. The highest BCUT2D eigenvalue weighted by molar-refractivity contribution is 7.99. The van der Waals surface area contributed by atoms with Gasteiger partial charge in [-0.05, 0) is 19.9 Å². The van der Waals surface area contributed by atoms with Crippen molar-refractivity contribution in [2.75, 3.05) is 18.9 Å². The Morgan fingerprint density at radius 1 is 1.65 bits per heavy atom. The highest BCUT2D eigenvalue weighted by Gasteiger charge is 2.18. The number of esters is 1. The number of hydrogen-bond donors (Lipinski definition) is 1. The van der Waals surface area contributed by atoms with Crippen molar-refractivity contribution >= 4 is 17.7 Å². The SMILES string of the molecule is CCNC(CCSc1ncco1)C(=O)OCC. The third-order valence-electron chi connectivity index (χ3n) is 2.06. The van der Waals surface area contributed by atoms with Crippen LogP contribution < -0.4 is 5.32 Å². The van der Waals surface area contributed by atoms with Crippen molar-refractivity contribution in [3.63, 3.8) is 0 Å². The number of nitrogens with zero attached hydrogens (tertiary/aromatic N) is 1. The van der Waals surface area contributed by atoms with Crippen LogP contribution in [0, 0.1) is 0 Å². The van der Waals surface area contributed by atoms with Gasteiger partial charge in [-0.15, -0.1) is 0 Å². The van der Waals surface area contributed by atoms with Crippen LogP contribution in [0.15, 0.2) is 22.1 Å². The van der Waals surface area contributed by atoms with Crippen LogP contribution in [0.2, 0.25) is 0 Å². The molecular formula is C11H18N2O3S. The van der Waals surface area contributed by atoms with E-state index >= 15 is 0 Å². The van der Waals surface area contributed by atoms with Crippen LogP contribution >= 0.6 is 11.8 Å². The molecule has 1 atom stereocenters. The molecule has 17 heavy (non-hydrogen) atoms. The summed E-state index contributed by atoms with van der Waals surface area (Å²) in [6.07, 6.45) is 3.84. The Balaban J connectivity index is 2.31. The molecule has 1 unspecified atom stereocenters. The Morgan fingerprint density at radius 2 is 2.47 bits per heavy atom. The maximum Gasteiger partial charge on any atom is 0.323 e. The molecule has 5 nitrogen and oxygen atoms in total. The minimum absolute atomic E-state index is 0.192. The lowest BCUT2D eigenvalue weighted by atomic mass is 10.2. The number of aromatic nitrogens is 1. The summed E-state index contributed by atoms with van der Waals surface area (Å²) in [6.45, 7) is 4.93. The van der Waals surface area contributed by atoms with Crippen molar-refractivity contribution in [3.8, 4) is 0 Å². The average molecular weight is 258 g/mol. The summed E-state index contributed by atoms with van der Waals surface area (Å²) < 4.78 is 10.1. The van der Waals surface area contributed by atoms with Crippen LogP contribution in [-0.2, 0) is 9.53 Å². The van der Waals surface area contributed by atoms with Crippen molar-refractivity contribution in [3.05, 3.63) is 12.5 Å². The minimum Gasteiger partial charge on any atom is -0.465 e. The van der Waals surface area contributed by atoms with E-state index in [-0.39, 0.29) is 12.0 Å². The number of thioether (sulfide) groups is 1. The van der Waals surface area contributed by atoms with Crippen molar-refractivity contribution < 1.29 is 13.9 Å². The Kier molecular flexibility index (Phi) is 6.73. The van der Waals surface area contributed by atoms with Crippen molar-refractivity contribution in [2.24, 2.45) is 0 Å². The third kappa shape index (κ3) is 5.23. The molecular weight excluding hydrogens is 240 g/mol. The predicted molar refractivity (Wildman–Crippen MR) is 65.9 cm³/mol. The molecule has 0 spiro atoms. The fourth-order valence-corrected chi connectivity index (χ4v) is 2.13. The quantitative estimate of drug-likeness (QED) is 0.565. The van der Waals surface area contributed by atoms with Crippen LogP contribution in [0.1, 0.15) is 20.3 Å². The summed E-state index contributed by atoms with van der Waals surface area (Å²) in [5.41, 5.74) is 0. The van der Waals surface area contributed by atoms with Crippen molar-refractivity contribution in [1.29, 1.82) is 0 Å². The number of carbonyl (C=O) groups excluding carboxylic acids is 1. The molecule has 0 amide bonds. The van der Waals surface area contributed by atoms with Crippen molar-refractivity contribution in [1.82, 2.24) is 10.3 Å². The van der Waals surface area contributed by atoms with E-state index in [1.807, 2.05) is 13.8 Å². The van der Waals surface area contributed by atoms with Gasteiger partial charge in [0.05, 0.1) is 12.8 Å². The predicted octanol–water partition coefficient (Wildman–Crippen LogP) is 1.70. The van der Waals surface area contributed by atoms with Crippen LogP contribution in [0.25, 0.3) is 0 Å². The zero-order valence-electron chi connectivity index (χ0n) is 10.1. The van der Waals surface area contributed by atoms with Gasteiger partial charge in [0, 0.05) is 5.75 Å². The number of rotatable bonds is 8. The number of carbonyl (C=O) groups is 1. The first kappa shape index (κ1) is 14.1. The highest BCUT2D eigenvalue weighted by Crippen LogP contribution is 2.16. The summed E-state index contributed by atoms with van der Waals surface area (Å²) in [6, 6.07) is -0.248. The first-order valence-corrected chi connectivity index (χ1v) is 6.68. The summed E-state index contributed by atoms with van der Waals surface area (Å²) in [5.74, 6) is 0.569. The molecule has 0 saturated heterocycles. The topological polar surface area (TPSA) is 64.4 Å². The monoisotopic (exact) mass is 258 g/mol. The molecule has 96 valence electrons. The van der Waals surface area contributed by atoms with Crippen LogP contribution in [-0.4, -0.2) is 35.9 Å². The van der Waals surface area contributed by atoms with Gasteiger partial charge in [0.1, 0.15) is 12.3 Å². The number of likely N-dealkylation sites (N-methyl/N-ethyl adjacent to an activating group) is 1. The molecule has 6 heteroatoms. The van der Waals surface area contributed by atoms with E-state index in [1.54, 1.807) is 6.20 Å². The molecule has 0 aliphatic rings. The van der Waals surface area contributed by atoms with Gasteiger partial charge in [0.15, 0.2) is 0 Å². The van der Waals surface area contributed by atoms with E-state index in [1.165, 1.54) is 18.0 Å². The lowest BCUT2D eigenvalue weighted by molar-refractivity contribution is -0.145. The van der Waals surface area contributed by atoms with Gasteiger partial charge in [0.25, 0.3) is 5.22 Å². The second-order valence-electron chi connectivity index (χ2n) is 3.30. The van der Waals surface area contributed by atoms with E-state index in [9.17, 15) is 4.79 Å². The molecule has 0 aromatic carbocycles. The summed E-state index contributed by atoms with van der Waals surface area (Å²) in [5, 5.41) is 3.74. The second kappa shape index (κ2) is 8.14. The van der Waals surface area contributed by atoms with E-state index < -0.39 is 0 Å². The van der Waals surface area contributed by atoms with E-state index in [0.717, 1.165) is 12.3 Å². The number of hydrogen-bond acceptors (Lipinski definition) is 6. The Morgan fingerprint density at radius 3 is 3.06 bits per heavy atom. The normalized spacial score (nSPS) is 12.4. The lowest BCUT2D eigenvalue weighted by Crippen LogP contribution is -2.38. The Hall–Kier alpha value is -1.01. The molecule has 0 aliphatic heterocycles. The second-order valence-corrected chi connectivity index (χ2v) is 4.34. The van der Waals surface area contributed by atoms with Crippen LogP contribution in [0.3, 0.4) is 0 Å². The van der Waals surface area contributed by atoms with Crippen LogP contribution in [0.5, 0.6) is 0 Å². The first-order chi connectivity index (χ1) is 8.27. The molecule has 1 aromatic rings. The molecule has 1 aromatic heterocycles. The minimum atomic E-state index is -0.248. The third-order valence-corrected chi connectivity index (χ3v) is 2.95. The summed E-state index contributed by atoms with van der Waals surface area (Å²) in [4.78, 5) is 15.6. The Bertz CT molecular complexity index is 317. The molecule has 0 aliphatic carbocycles. The smallest absolute Gasteiger partial charge is 0.323 e. The standard InChI is InChI=1S/C11H18N2O3S/c1-3-12-9(10(14)15-4-2)5-8-17-11-13-6-7-16-11/h6-7,9,12H,3-5,8H2,1-2H3. The molecule has 0 bridgehead atoms. The zero-order valence-corrected chi connectivity index (χ0v) is 11.0. The van der Waals surface area contributed by atoms with Gasteiger partial charge in [-0.2, -0.15) is 0 Å². The fraction of sp³-hybridized carbons (Fsp3) is 0.636.